The van der Waals surface area contributed by atoms with Crippen LogP contribution in [0.25, 0.3) is 0 Å². The van der Waals surface area contributed by atoms with Crippen LogP contribution >= 0.6 is 11.3 Å². The summed E-state index contributed by atoms with van der Waals surface area (Å²) in [6, 6.07) is 7.59. The summed E-state index contributed by atoms with van der Waals surface area (Å²) in [6.07, 6.45) is 2.45. The third-order valence-electron chi connectivity index (χ3n) is 2.97. The Morgan fingerprint density at radius 3 is 2.77 bits per heavy atom. The molecular formula is C16H20N2O3S. The lowest BCUT2D eigenvalue weighted by Crippen LogP contribution is -1.99. The van der Waals surface area contributed by atoms with Crippen molar-refractivity contribution in [2.24, 2.45) is 0 Å². The molecule has 0 radical (unpaired) electrons. The van der Waals surface area contributed by atoms with Crippen LogP contribution in [0.3, 0.4) is 0 Å². The van der Waals surface area contributed by atoms with Crippen LogP contribution in [0.2, 0.25) is 0 Å². The third-order valence-corrected chi connectivity index (χ3v) is 3.97. The minimum absolute atomic E-state index is 0.302. The van der Waals surface area contributed by atoms with E-state index in [1.54, 1.807) is 0 Å². The zero-order chi connectivity index (χ0) is 15.9. The van der Waals surface area contributed by atoms with Crippen LogP contribution in [0.1, 0.15) is 42.1 Å². The Kier molecular flexibility index (Phi) is 5.77. The number of nitrogens with zero attached hydrogens (tertiary/aromatic N) is 1. The maximum atomic E-state index is 11.3. The summed E-state index contributed by atoms with van der Waals surface area (Å²) >= 11 is 1.16. The lowest BCUT2D eigenvalue weighted by molar-refractivity contribution is 0.0700. The van der Waals surface area contributed by atoms with Crippen LogP contribution in [0.15, 0.2) is 24.3 Å². The molecule has 0 bridgehead atoms. The highest BCUT2D eigenvalue weighted by molar-refractivity contribution is 7.17. The highest BCUT2D eigenvalue weighted by Crippen LogP contribution is 2.31. The summed E-state index contributed by atoms with van der Waals surface area (Å²) in [5.74, 6) is -0.182. The molecule has 0 atom stereocenters. The highest BCUT2D eigenvalue weighted by Gasteiger charge is 2.17. The number of hydrogen-bond donors (Lipinski definition) is 2. The van der Waals surface area contributed by atoms with E-state index in [0.717, 1.165) is 35.6 Å². The number of para-hydroxylation sites is 2. The fraction of sp³-hybridized carbons (Fsp3) is 0.375. The van der Waals surface area contributed by atoms with Gasteiger partial charge < -0.3 is 15.2 Å². The van der Waals surface area contributed by atoms with Gasteiger partial charge in [-0.3, -0.25) is 0 Å². The summed E-state index contributed by atoms with van der Waals surface area (Å²) in [6.45, 7) is 4.69. The molecule has 2 aromatic rings. The fourth-order valence-corrected chi connectivity index (χ4v) is 2.86. The maximum absolute atomic E-state index is 11.3. The predicted octanol–water partition coefficient (Wildman–Crippen LogP) is 4.33. The summed E-state index contributed by atoms with van der Waals surface area (Å²) in [4.78, 5) is 16.0. The Morgan fingerprint density at radius 1 is 1.32 bits per heavy atom. The van der Waals surface area contributed by atoms with E-state index in [4.69, 9.17) is 4.74 Å². The molecule has 2 N–H and O–H groups in total. The van der Waals surface area contributed by atoms with E-state index in [9.17, 15) is 9.90 Å². The Hall–Kier alpha value is -2.08. The van der Waals surface area contributed by atoms with Gasteiger partial charge in [-0.05, 0) is 25.0 Å². The number of benzene rings is 1. The topological polar surface area (TPSA) is 71.5 Å². The number of aryl methyl sites for hydroxylation is 1. The molecule has 0 aliphatic carbocycles. The fourth-order valence-electron chi connectivity index (χ4n) is 2.00. The normalized spacial score (nSPS) is 10.5. The van der Waals surface area contributed by atoms with Crippen molar-refractivity contribution in [3.8, 4) is 5.75 Å². The zero-order valence-corrected chi connectivity index (χ0v) is 13.6. The van der Waals surface area contributed by atoms with Crippen molar-refractivity contribution < 1.29 is 14.6 Å². The minimum atomic E-state index is -0.926. The number of carboxylic acid groups (broad SMARTS) is 1. The van der Waals surface area contributed by atoms with Crippen molar-refractivity contribution in [2.75, 3.05) is 11.9 Å². The van der Waals surface area contributed by atoms with Gasteiger partial charge in [0, 0.05) is 0 Å². The highest BCUT2D eigenvalue weighted by atomic mass is 32.1. The molecule has 22 heavy (non-hydrogen) atoms. The van der Waals surface area contributed by atoms with Crippen LogP contribution < -0.4 is 10.1 Å². The molecule has 0 fully saturated rings. The number of ether oxygens (including phenoxy) is 1. The Bertz CT molecular complexity index is 640. The molecule has 0 aliphatic heterocycles. The van der Waals surface area contributed by atoms with E-state index in [2.05, 4.69) is 10.3 Å². The molecule has 0 saturated carbocycles. The second kappa shape index (κ2) is 7.79. The number of nitrogens with one attached hydrogen (secondary N) is 1. The van der Waals surface area contributed by atoms with E-state index in [1.807, 2.05) is 38.1 Å². The van der Waals surface area contributed by atoms with E-state index in [0.29, 0.717) is 28.7 Å². The second-order valence-electron chi connectivity index (χ2n) is 4.82. The number of hydrogen-bond acceptors (Lipinski definition) is 5. The smallest absolute Gasteiger partial charge is 0.347 e. The monoisotopic (exact) mass is 320 g/mol. The Morgan fingerprint density at radius 2 is 2.09 bits per heavy atom. The number of thiazole rings is 1. The number of carbonyl (C=O) groups is 1. The maximum Gasteiger partial charge on any atom is 0.347 e. The lowest BCUT2D eigenvalue weighted by atomic mass is 10.2. The van der Waals surface area contributed by atoms with Gasteiger partial charge >= 0.3 is 5.97 Å². The number of anilines is 2. The first-order valence-corrected chi connectivity index (χ1v) is 8.19. The molecule has 0 saturated heterocycles. The average Bonchev–Trinajstić information content (AvgIpc) is 2.90. The molecule has 1 aromatic heterocycles. The van der Waals surface area contributed by atoms with Gasteiger partial charge in [0.15, 0.2) is 5.13 Å². The lowest BCUT2D eigenvalue weighted by Gasteiger charge is -2.10. The van der Waals surface area contributed by atoms with Gasteiger partial charge in [0.1, 0.15) is 10.6 Å². The quantitative estimate of drug-likeness (QED) is 0.757. The van der Waals surface area contributed by atoms with Crippen LogP contribution in [0.4, 0.5) is 10.8 Å². The van der Waals surface area contributed by atoms with Crippen molar-refractivity contribution in [3.63, 3.8) is 0 Å². The summed E-state index contributed by atoms with van der Waals surface area (Å²) in [5.41, 5.74) is 1.43. The third kappa shape index (κ3) is 3.98. The van der Waals surface area contributed by atoms with Crippen molar-refractivity contribution in [1.29, 1.82) is 0 Å². The van der Waals surface area contributed by atoms with E-state index in [-0.39, 0.29) is 0 Å². The summed E-state index contributed by atoms with van der Waals surface area (Å²) in [5, 5.41) is 13.0. The summed E-state index contributed by atoms with van der Waals surface area (Å²) in [7, 11) is 0. The molecule has 0 spiro atoms. The van der Waals surface area contributed by atoms with E-state index in [1.165, 1.54) is 0 Å². The molecule has 1 aromatic carbocycles. The predicted molar refractivity (Wildman–Crippen MR) is 88.6 cm³/mol. The average molecular weight is 320 g/mol. The Balaban J connectivity index is 2.23. The number of rotatable bonds is 8. The van der Waals surface area contributed by atoms with Crippen molar-refractivity contribution >= 4 is 28.1 Å². The van der Waals surface area contributed by atoms with Crippen LogP contribution in [-0.4, -0.2) is 22.7 Å². The zero-order valence-electron chi connectivity index (χ0n) is 12.8. The van der Waals surface area contributed by atoms with E-state index < -0.39 is 5.97 Å². The first kappa shape index (κ1) is 16.3. The first-order valence-electron chi connectivity index (χ1n) is 7.37. The SMILES string of the molecule is CCCOc1ccccc1Nc1nc(CCC)c(C(=O)O)s1. The van der Waals surface area contributed by atoms with Crippen molar-refractivity contribution in [2.45, 2.75) is 33.1 Å². The van der Waals surface area contributed by atoms with Gasteiger partial charge in [0.2, 0.25) is 0 Å². The van der Waals surface area contributed by atoms with Gasteiger partial charge in [0.25, 0.3) is 0 Å². The van der Waals surface area contributed by atoms with Crippen LogP contribution in [0, 0.1) is 0 Å². The molecule has 0 aliphatic rings. The number of aromatic carboxylic acids is 1. The van der Waals surface area contributed by atoms with Crippen LogP contribution in [-0.2, 0) is 6.42 Å². The van der Waals surface area contributed by atoms with E-state index >= 15 is 0 Å². The van der Waals surface area contributed by atoms with Gasteiger partial charge in [-0.1, -0.05) is 43.7 Å². The standard InChI is InChI=1S/C16H20N2O3S/c1-3-7-12-14(15(19)20)22-16(18-12)17-11-8-5-6-9-13(11)21-10-4-2/h5-6,8-9H,3-4,7,10H2,1-2H3,(H,17,18)(H,19,20). The second-order valence-corrected chi connectivity index (χ2v) is 5.82. The molecule has 2 rings (SSSR count). The van der Waals surface area contributed by atoms with Crippen molar-refractivity contribution in [1.82, 2.24) is 4.98 Å². The number of carboxylic acids is 1. The van der Waals surface area contributed by atoms with Gasteiger partial charge in [-0.25, -0.2) is 9.78 Å². The van der Waals surface area contributed by atoms with Gasteiger partial charge in [0.05, 0.1) is 18.0 Å². The molecule has 118 valence electrons. The molecule has 5 nitrogen and oxygen atoms in total. The summed E-state index contributed by atoms with van der Waals surface area (Å²) < 4.78 is 5.69. The first-order chi connectivity index (χ1) is 10.7. The molecule has 1 heterocycles. The van der Waals surface area contributed by atoms with Crippen LogP contribution in [0.5, 0.6) is 5.75 Å². The Labute approximate surface area is 134 Å². The molecular weight excluding hydrogens is 300 g/mol. The van der Waals surface area contributed by atoms with Gasteiger partial charge in [-0.2, -0.15) is 0 Å². The molecule has 0 unspecified atom stereocenters. The van der Waals surface area contributed by atoms with Crippen molar-refractivity contribution in [3.05, 3.63) is 34.8 Å². The minimum Gasteiger partial charge on any atom is -0.491 e. The number of aromatic nitrogens is 1. The molecule has 6 heteroatoms. The molecule has 0 amide bonds. The van der Waals surface area contributed by atoms with Gasteiger partial charge in [-0.15, -0.1) is 0 Å². The largest absolute Gasteiger partial charge is 0.491 e.